The van der Waals surface area contributed by atoms with Crippen molar-refractivity contribution in [3.8, 4) is 11.5 Å². The monoisotopic (exact) mass is 504 g/mol. The highest BCUT2D eigenvalue weighted by Crippen LogP contribution is 2.31. The highest BCUT2D eigenvalue weighted by molar-refractivity contribution is 7.07. The van der Waals surface area contributed by atoms with Crippen LogP contribution in [0, 0.1) is 0 Å². The Morgan fingerprint density at radius 1 is 1.11 bits per heavy atom. The lowest BCUT2D eigenvalue weighted by molar-refractivity contribution is -0.138. The number of aromatic nitrogens is 1. The zero-order valence-electron chi connectivity index (χ0n) is 20.0. The summed E-state index contributed by atoms with van der Waals surface area (Å²) in [5.41, 5.74) is 1.94. The van der Waals surface area contributed by atoms with E-state index in [0.717, 1.165) is 5.56 Å². The van der Waals surface area contributed by atoms with Gasteiger partial charge in [-0.05, 0) is 48.4 Å². The molecule has 0 amide bonds. The summed E-state index contributed by atoms with van der Waals surface area (Å²) in [6, 6.07) is 13.3. The molecule has 1 aromatic heterocycles. The second-order valence-electron chi connectivity index (χ2n) is 7.90. The number of ether oxygens (including phenoxy) is 3. The van der Waals surface area contributed by atoms with E-state index < -0.39 is 18.0 Å². The lowest BCUT2D eigenvalue weighted by Crippen LogP contribution is -2.39. The maximum atomic E-state index is 13.6. The molecule has 36 heavy (non-hydrogen) atoms. The first kappa shape index (κ1) is 24.9. The van der Waals surface area contributed by atoms with Crippen LogP contribution in [0.4, 0.5) is 0 Å². The second-order valence-corrected chi connectivity index (χ2v) is 8.91. The van der Waals surface area contributed by atoms with Gasteiger partial charge in [0.25, 0.3) is 5.56 Å². The molecule has 184 valence electrons. The Morgan fingerprint density at radius 2 is 1.78 bits per heavy atom. The number of carbonyl (C=O) groups is 2. The molecule has 1 atom stereocenters. The first-order valence-corrected chi connectivity index (χ1v) is 11.9. The van der Waals surface area contributed by atoms with Crippen LogP contribution in [0.15, 0.2) is 82.2 Å². The van der Waals surface area contributed by atoms with E-state index in [-0.39, 0.29) is 17.7 Å². The van der Waals surface area contributed by atoms with Crippen LogP contribution >= 0.6 is 11.3 Å². The molecule has 1 aliphatic rings. The zero-order chi connectivity index (χ0) is 25.8. The van der Waals surface area contributed by atoms with Gasteiger partial charge in [0.2, 0.25) is 0 Å². The number of methoxy groups -OCH3 is 1. The minimum absolute atomic E-state index is 0.0404. The minimum Gasteiger partial charge on any atom is -0.497 e. The number of esters is 2. The summed E-state index contributed by atoms with van der Waals surface area (Å²) < 4.78 is 17.6. The van der Waals surface area contributed by atoms with Gasteiger partial charge in [0.05, 0.1) is 29.0 Å². The van der Waals surface area contributed by atoms with Gasteiger partial charge < -0.3 is 14.2 Å². The molecule has 4 rings (SSSR count). The predicted molar refractivity (Wildman–Crippen MR) is 136 cm³/mol. The zero-order valence-corrected chi connectivity index (χ0v) is 20.8. The van der Waals surface area contributed by atoms with Crippen LogP contribution in [-0.2, 0) is 14.3 Å². The SMILES string of the molecule is C=CCOC(=O)C1=C(C)N=c2s/c(=C\c3ccc(OC(C)=O)cc3)c(=O)n2[C@H]1c1ccc(OC)cc1. The van der Waals surface area contributed by atoms with Gasteiger partial charge in [0, 0.05) is 6.92 Å². The molecule has 0 saturated heterocycles. The van der Waals surface area contributed by atoms with Crippen molar-refractivity contribution in [3.63, 3.8) is 0 Å². The molecular weight excluding hydrogens is 480 g/mol. The molecule has 1 aliphatic heterocycles. The van der Waals surface area contributed by atoms with Gasteiger partial charge in [-0.1, -0.05) is 48.3 Å². The van der Waals surface area contributed by atoms with Crippen LogP contribution in [0.2, 0.25) is 0 Å². The Kier molecular flexibility index (Phi) is 7.30. The molecule has 0 saturated carbocycles. The standard InChI is InChI=1S/C27H24N2O6S/c1-5-14-34-26(32)23-16(2)28-27-29(24(23)19-8-12-20(33-4)13-9-19)25(31)22(36-27)15-18-6-10-21(11-7-18)35-17(3)30/h5-13,15,24H,1,14H2,2-4H3/b22-15-/t24-/m0/s1. The Bertz CT molecular complexity index is 1530. The first-order valence-electron chi connectivity index (χ1n) is 11.1. The Labute approximate surface area is 211 Å². The van der Waals surface area contributed by atoms with Gasteiger partial charge in [0.1, 0.15) is 18.1 Å². The Morgan fingerprint density at radius 3 is 2.39 bits per heavy atom. The van der Waals surface area contributed by atoms with Crippen molar-refractivity contribution in [2.45, 2.75) is 19.9 Å². The van der Waals surface area contributed by atoms with E-state index in [9.17, 15) is 14.4 Å². The molecule has 0 N–H and O–H groups in total. The van der Waals surface area contributed by atoms with Gasteiger partial charge in [-0.2, -0.15) is 0 Å². The average Bonchev–Trinajstić information content (AvgIpc) is 3.16. The van der Waals surface area contributed by atoms with Crippen molar-refractivity contribution in [1.29, 1.82) is 0 Å². The van der Waals surface area contributed by atoms with E-state index in [1.165, 1.54) is 28.9 Å². The highest BCUT2D eigenvalue weighted by atomic mass is 32.1. The van der Waals surface area contributed by atoms with Crippen LogP contribution in [0.5, 0.6) is 11.5 Å². The van der Waals surface area contributed by atoms with Gasteiger partial charge >= 0.3 is 11.9 Å². The first-order chi connectivity index (χ1) is 17.3. The number of fused-ring (bicyclic) bond motifs is 1. The third kappa shape index (κ3) is 5.06. The Hall–Kier alpha value is -4.24. The average molecular weight is 505 g/mol. The fourth-order valence-corrected chi connectivity index (χ4v) is 4.89. The summed E-state index contributed by atoms with van der Waals surface area (Å²) in [6.45, 7) is 6.69. The van der Waals surface area contributed by atoms with Crippen LogP contribution in [0.3, 0.4) is 0 Å². The van der Waals surface area contributed by atoms with Gasteiger partial charge in [-0.3, -0.25) is 14.2 Å². The molecule has 0 radical (unpaired) electrons. The number of thiazole rings is 1. The number of nitrogens with zero attached hydrogens (tertiary/aromatic N) is 2. The molecule has 9 heteroatoms. The number of carbonyl (C=O) groups excluding carboxylic acids is 2. The summed E-state index contributed by atoms with van der Waals surface area (Å²) in [7, 11) is 1.57. The van der Waals surface area contributed by atoms with E-state index in [1.807, 2.05) is 12.1 Å². The number of hydrogen-bond acceptors (Lipinski definition) is 8. The van der Waals surface area contributed by atoms with Gasteiger partial charge in [-0.25, -0.2) is 9.79 Å². The maximum Gasteiger partial charge on any atom is 0.338 e. The molecule has 0 spiro atoms. The van der Waals surface area contributed by atoms with Crippen LogP contribution in [0.25, 0.3) is 6.08 Å². The van der Waals surface area contributed by atoms with Crippen molar-refractivity contribution in [1.82, 2.24) is 4.57 Å². The van der Waals surface area contributed by atoms with Crippen molar-refractivity contribution in [3.05, 3.63) is 103 Å². The van der Waals surface area contributed by atoms with Crippen molar-refractivity contribution >= 4 is 29.4 Å². The number of allylic oxidation sites excluding steroid dienone is 1. The van der Waals surface area contributed by atoms with Gasteiger partial charge in [0.15, 0.2) is 4.80 Å². The third-order valence-electron chi connectivity index (χ3n) is 5.44. The van der Waals surface area contributed by atoms with Crippen LogP contribution in [-0.4, -0.2) is 30.2 Å². The van der Waals surface area contributed by atoms with E-state index in [2.05, 4.69) is 11.6 Å². The van der Waals surface area contributed by atoms with Crippen LogP contribution < -0.4 is 24.4 Å². The number of hydrogen-bond donors (Lipinski definition) is 0. The lowest BCUT2D eigenvalue weighted by Gasteiger charge is -2.24. The summed E-state index contributed by atoms with van der Waals surface area (Å²) >= 11 is 1.23. The summed E-state index contributed by atoms with van der Waals surface area (Å²) in [6.07, 6.45) is 3.22. The van der Waals surface area contributed by atoms with Crippen molar-refractivity contribution in [2.75, 3.05) is 13.7 Å². The van der Waals surface area contributed by atoms with Gasteiger partial charge in [-0.15, -0.1) is 0 Å². The molecule has 0 bridgehead atoms. The smallest absolute Gasteiger partial charge is 0.338 e. The largest absolute Gasteiger partial charge is 0.497 e. The fraction of sp³-hybridized carbons (Fsp3) is 0.185. The molecule has 8 nitrogen and oxygen atoms in total. The Balaban J connectivity index is 1.84. The molecule has 0 unspecified atom stereocenters. The highest BCUT2D eigenvalue weighted by Gasteiger charge is 2.33. The molecular formula is C27H24N2O6S. The van der Waals surface area contributed by atoms with E-state index in [0.29, 0.717) is 32.1 Å². The van der Waals surface area contributed by atoms with E-state index >= 15 is 0 Å². The lowest BCUT2D eigenvalue weighted by atomic mass is 9.96. The normalized spacial score (nSPS) is 15.1. The van der Waals surface area contributed by atoms with Crippen molar-refractivity contribution in [2.24, 2.45) is 4.99 Å². The maximum absolute atomic E-state index is 13.6. The van der Waals surface area contributed by atoms with E-state index in [1.54, 1.807) is 56.5 Å². The molecule has 0 aliphatic carbocycles. The third-order valence-corrected chi connectivity index (χ3v) is 6.43. The molecule has 2 aromatic carbocycles. The topological polar surface area (TPSA) is 96.2 Å². The molecule has 0 fully saturated rings. The number of rotatable bonds is 7. The summed E-state index contributed by atoms with van der Waals surface area (Å²) in [5.74, 6) is 0.0958. The predicted octanol–water partition coefficient (Wildman–Crippen LogP) is 2.90. The molecule has 2 heterocycles. The van der Waals surface area contributed by atoms with Crippen LogP contribution in [0.1, 0.15) is 31.0 Å². The second kappa shape index (κ2) is 10.6. The fourth-order valence-electron chi connectivity index (χ4n) is 3.85. The summed E-state index contributed by atoms with van der Waals surface area (Å²) in [4.78, 5) is 42.9. The molecule has 3 aromatic rings. The van der Waals surface area contributed by atoms with Crippen molar-refractivity contribution < 1.29 is 23.8 Å². The quantitative estimate of drug-likeness (QED) is 0.279. The van der Waals surface area contributed by atoms with E-state index in [4.69, 9.17) is 14.2 Å². The summed E-state index contributed by atoms with van der Waals surface area (Å²) in [5, 5.41) is 0. The number of benzene rings is 2. The minimum atomic E-state index is -0.724.